The topological polar surface area (TPSA) is 49.4 Å². The maximum atomic E-state index is 14.0. The molecule has 5 heteroatoms. The van der Waals surface area contributed by atoms with Gasteiger partial charge in [0.05, 0.1) is 0 Å². The minimum Gasteiger partial charge on any atom is -0.357 e. The zero-order chi connectivity index (χ0) is 19.1. The van der Waals surface area contributed by atoms with Crippen LogP contribution in [0.15, 0.2) is 48.5 Å². The molecule has 0 spiro atoms. The van der Waals surface area contributed by atoms with Crippen LogP contribution in [0, 0.1) is 12.7 Å². The predicted molar refractivity (Wildman–Crippen MR) is 100.0 cm³/mol. The third-order valence-corrected chi connectivity index (χ3v) is 4.46. The molecule has 0 saturated heterocycles. The number of carbonyl (C=O) groups excluding carboxylic acids is 2. The highest BCUT2D eigenvalue weighted by molar-refractivity contribution is 5.87. The van der Waals surface area contributed by atoms with E-state index in [9.17, 15) is 14.0 Å². The Morgan fingerprint density at radius 3 is 2.38 bits per heavy atom. The maximum absolute atomic E-state index is 14.0. The molecule has 0 fully saturated rings. The molecule has 2 aromatic carbocycles. The Morgan fingerprint density at radius 2 is 1.77 bits per heavy atom. The lowest BCUT2D eigenvalue weighted by atomic mass is 10.1. The summed E-state index contributed by atoms with van der Waals surface area (Å²) in [6.45, 7) is 3.73. The van der Waals surface area contributed by atoms with Crippen LogP contribution in [-0.4, -0.2) is 29.8 Å². The summed E-state index contributed by atoms with van der Waals surface area (Å²) in [4.78, 5) is 26.3. The lowest BCUT2D eigenvalue weighted by Crippen LogP contribution is -2.46. The van der Waals surface area contributed by atoms with Crippen molar-refractivity contribution in [2.45, 2.75) is 39.3 Å². The molecular formula is C21H25FN2O2. The summed E-state index contributed by atoms with van der Waals surface area (Å²) < 4.78 is 14.0. The van der Waals surface area contributed by atoms with Crippen molar-refractivity contribution in [3.05, 3.63) is 71.0 Å². The summed E-state index contributed by atoms with van der Waals surface area (Å²) >= 11 is 0. The van der Waals surface area contributed by atoms with Gasteiger partial charge in [-0.25, -0.2) is 4.39 Å². The van der Waals surface area contributed by atoms with Crippen molar-refractivity contribution in [2.24, 2.45) is 0 Å². The standard InChI is InChI=1S/C21H25FN2O2/c1-15-8-10-17(11-9-15)12-13-20(25)24(16(2)21(26)23-3)14-18-6-4-5-7-19(18)22/h4-11,16H,12-14H2,1-3H3,(H,23,26)/t16-/m1/s1. The van der Waals surface area contributed by atoms with Crippen LogP contribution in [0.3, 0.4) is 0 Å². The number of hydrogen-bond acceptors (Lipinski definition) is 2. The van der Waals surface area contributed by atoms with E-state index in [1.54, 1.807) is 25.1 Å². The van der Waals surface area contributed by atoms with E-state index < -0.39 is 6.04 Å². The molecule has 0 aliphatic carbocycles. The van der Waals surface area contributed by atoms with Crippen LogP contribution in [0.5, 0.6) is 0 Å². The molecule has 0 aliphatic heterocycles. The number of rotatable bonds is 7. The molecule has 0 unspecified atom stereocenters. The van der Waals surface area contributed by atoms with Gasteiger partial charge in [0.2, 0.25) is 11.8 Å². The summed E-state index contributed by atoms with van der Waals surface area (Å²) in [6.07, 6.45) is 0.839. The van der Waals surface area contributed by atoms with Crippen LogP contribution in [-0.2, 0) is 22.6 Å². The first-order valence-corrected chi connectivity index (χ1v) is 8.72. The molecule has 0 aliphatic rings. The number of halogens is 1. The Labute approximate surface area is 154 Å². The van der Waals surface area contributed by atoms with Gasteiger partial charge in [0, 0.05) is 25.6 Å². The van der Waals surface area contributed by atoms with Gasteiger partial charge in [0.25, 0.3) is 0 Å². The van der Waals surface area contributed by atoms with E-state index in [-0.39, 0.29) is 30.6 Å². The smallest absolute Gasteiger partial charge is 0.242 e. The van der Waals surface area contributed by atoms with E-state index in [0.717, 1.165) is 11.1 Å². The number of amides is 2. The lowest BCUT2D eigenvalue weighted by Gasteiger charge is -2.28. The molecule has 0 heterocycles. The Morgan fingerprint density at radius 1 is 1.12 bits per heavy atom. The first kappa shape index (κ1) is 19.6. The van der Waals surface area contributed by atoms with E-state index >= 15 is 0 Å². The van der Waals surface area contributed by atoms with Crippen molar-refractivity contribution in [2.75, 3.05) is 7.05 Å². The summed E-state index contributed by atoms with van der Waals surface area (Å²) in [5, 5.41) is 2.55. The van der Waals surface area contributed by atoms with E-state index in [4.69, 9.17) is 0 Å². The van der Waals surface area contributed by atoms with Crippen molar-refractivity contribution >= 4 is 11.8 Å². The zero-order valence-corrected chi connectivity index (χ0v) is 15.5. The summed E-state index contributed by atoms with van der Waals surface area (Å²) in [7, 11) is 1.52. The second-order valence-electron chi connectivity index (χ2n) is 6.39. The predicted octanol–water partition coefficient (Wildman–Crippen LogP) is 3.23. The van der Waals surface area contributed by atoms with Crippen molar-refractivity contribution in [1.29, 1.82) is 0 Å². The maximum Gasteiger partial charge on any atom is 0.242 e. The second kappa shape index (κ2) is 9.13. The van der Waals surface area contributed by atoms with Gasteiger partial charge in [0.15, 0.2) is 0 Å². The molecule has 0 radical (unpaired) electrons. The fraction of sp³-hybridized carbons (Fsp3) is 0.333. The number of hydrogen-bond donors (Lipinski definition) is 1. The minimum atomic E-state index is -0.676. The molecule has 26 heavy (non-hydrogen) atoms. The molecule has 138 valence electrons. The third kappa shape index (κ3) is 5.15. The second-order valence-corrected chi connectivity index (χ2v) is 6.39. The molecule has 1 atom stereocenters. The minimum absolute atomic E-state index is 0.0635. The molecule has 1 N–H and O–H groups in total. The average Bonchev–Trinajstić information content (AvgIpc) is 2.65. The Kier molecular flexibility index (Phi) is 6.89. The van der Waals surface area contributed by atoms with Crippen LogP contribution < -0.4 is 5.32 Å². The SMILES string of the molecule is CNC(=O)[C@@H](C)N(Cc1ccccc1F)C(=O)CCc1ccc(C)cc1. The summed E-state index contributed by atoms with van der Waals surface area (Å²) in [5.41, 5.74) is 2.61. The molecular weight excluding hydrogens is 331 g/mol. The summed E-state index contributed by atoms with van der Waals surface area (Å²) in [5.74, 6) is -0.831. The van der Waals surface area contributed by atoms with Gasteiger partial charge in [-0.2, -0.15) is 0 Å². The molecule has 2 amide bonds. The first-order chi connectivity index (χ1) is 12.4. The molecule has 0 aromatic heterocycles. The Balaban J connectivity index is 2.13. The van der Waals surface area contributed by atoms with Crippen LogP contribution >= 0.6 is 0 Å². The average molecular weight is 356 g/mol. The van der Waals surface area contributed by atoms with E-state index in [0.29, 0.717) is 12.0 Å². The lowest BCUT2D eigenvalue weighted by molar-refractivity contribution is -0.140. The number of benzene rings is 2. The van der Waals surface area contributed by atoms with Crippen LogP contribution in [0.25, 0.3) is 0 Å². The number of carbonyl (C=O) groups is 2. The highest BCUT2D eigenvalue weighted by Gasteiger charge is 2.25. The number of nitrogens with zero attached hydrogens (tertiary/aromatic N) is 1. The Hall–Kier alpha value is -2.69. The van der Waals surface area contributed by atoms with E-state index in [1.807, 2.05) is 31.2 Å². The van der Waals surface area contributed by atoms with Crippen LogP contribution in [0.4, 0.5) is 4.39 Å². The Bertz CT molecular complexity index is 759. The fourth-order valence-corrected chi connectivity index (χ4v) is 2.75. The normalized spacial score (nSPS) is 11.7. The van der Waals surface area contributed by atoms with Gasteiger partial charge in [-0.3, -0.25) is 9.59 Å². The van der Waals surface area contributed by atoms with Crippen LogP contribution in [0.1, 0.15) is 30.0 Å². The van der Waals surface area contributed by atoms with Gasteiger partial charge in [-0.1, -0.05) is 48.0 Å². The van der Waals surface area contributed by atoms with Gasteiger partial charge < -0.3 is 10.2 Å². The summed E-state index contributed by atoms with van der Waals surface area (Å²) in [6, 6.07) is 13.6. The highest BCUT2D eigenvalue weighted by atomic mass is 19.1. The highest BCUT2D eigenvalue weighted by Crippen LogP contribution is 2.15. The van der Waals surface area contributed by atoms with Crippen LogP contribution in [0.2, 0.25) is 0 Å². The van der Waals surface area contributed by atoms with Crippen molar-refractivity contribution in [1.82, 2.24) is 10.2 Å². The molecule has 4 nitrogen and oxygen atoms in total. The van der Waals surface area contributed by atoms with Gasteiger partial charge in [0.1, 0.15) is 11.9 Å². The third-order valence-electron chi connectivity index (χ3n) is 4.46. The molecule has 2 rings (SSSR count). The van der Waals surface area contributed by atoms with Gasteiger partial charge in [-0.05, 0) is 31.9 Å². The number of nitrogens with one attached hydrogen (secondary N) is 1. The van der Waals surface area contributed by atoms with Crippen molar-refractivity contribution in [3.63, 3.8) is 0 Å². The molecule has 0 bridgehead atoms. The first-order valence-electron chi connectivity index (χ1n) is 8.72. The van der Waals surface area contributed by atoms with E-state index in [1.165, 1.54) is 18.0 Å². The van der Waals surface area contributed by atoms with Crippen molar-refractivity contribution < 1.29 is 14.0 Å². The zero-order valence-electron chi connectivity index (χ0n) is 15.5. The van der Waals surface area contributed by atoms with Crippen molar-refractivity contribution in [3.8, 4) is 0 Å². The quantitative estimate of drug-likeness (QED) is 0.828. The largest absolute Gasteiger partial charge is 0.357 e. The van der Waals surface area contributed by atoms with Gasteiger partial charge in [-0.15, -0.1) is 0 Å². The fourth-order valence-electron chi connectivity index (χ4n) is 2.75. The monoisotopic (exact) mass is 356 g/mol. The number of aryl methyl sites for hydroxylation is 2. The van der Waals surface area contributed by atoms with Gasteiger partial charge >= 0.3 is 0 Å². The molecule has 0 saturated carbocycles. The number of likely N-dealkylation sites (N-methyl/N-ethyl adjacent to an activating group) is 1. The van der Waals surface area contributed by atoms with E-state index in [2.05, 4.69) is 5.32 Å². The molecule has 2 aromatic rings.